The van der Waals surface area contributed by atoms with Crippen LogP contribution < -0.4 is 0 Å². The number of rotatable bonds is 0. The standard InChI is InChI=1S/C9H10N2.2C2H6.CH4/c1-2-8-6-11-5-3-9(8)7-10-4-1;2*1-2;/h3,5-7H,1-2,4H2;2*1-2H3;1H4. The van der Waals surface area contributed by atoms with Crippen LogP contribution in [0.3, 0.4) is 0 Å². The van der Waals surface area contributed by atoms with E-state index in [1.54, 1.807) is 0 Å². The van der Waals surface area contributed by atoms with E-state index in [0.29, 0.717) is 0 Å². The van der Waals surface area contributed by atoms with Crippen molar-refractivity contribution in [1.82, 2.24) is 4.98 Å². The summed E-state index contributed by atoms with van der Waals surface area (Å²) >= 11 is 0. The predicted molar refractivity (Wildman–Crippen MR) is 74.4 cm³/mol. The molecule has 0 saturated heterocycles. The maximum absolute atomic E-state index is 4.26. The zero-order valence-corrected chi connectivity index (χ0v) is 10.3. The first-order valence-electron chi connectivity index (χ1n) is 5.89. The lowest BCUT2D eigenvalue weighted by atomic mass is 10.1. The van der Waals surface area contributed by atoms with Crippen LogP contribution in [-0.2, 0) is 6.42 Å². The summed E-state index contributed by atoms with van der Waals surface area (Å²) in [5.41, 5.74) is 2.56. The molecule has 0 saturated carbocycles. The molecular formula is C14H26N2. The number of aryl methyl sites for hydroxylation is 1. The zero-order valence-electron chi connectivity index (χ0n) is 10.3. The van der Waals surface area contributed by atoms with E-state index in [0.717, 1.165) is 19.4 Å². The fourth-order valence-electron chi connectivity index (χ4n) is 1.30. The minimum absolute atomic E-state index is 0. The zero-order chi connectivity index (χ0) is 11.5. The van der Waals surface area contributed by atoms with Crippen LogP contribution in [0.1, 0.15) is 52.7 Å². The van der Waals surface area contributed by atoms with Gasteiger partial charge < -0.3 is 0 Å². The second kappa shape index (κ2) is 11.9. The third kappa shape index (κ3) is 5.64. The maximum Gasteiger partial charge on any atom is 0.0392 e. The Hall–Kier alpha value is -1.18. The Balaban J connectivity index is 0. The van der Waals surface area contributed by atoms with Crippen molar-refractivity contribution in [3.63, 3.8) is 0 Å². The summed E-state index contributed by atoms with van der Waals surface area (Å²) in [7, 11) is 0. The predicted octanol–water partition coefficient (Wildman–Crippen LogP) is 4.14. The van der Waals surface area contributed by atoms with Crippen LogP contribution in [0, 0.1) is 0 Å². The highest BCUT2D eigenvalue weighted by Crippen LogP contribution is 2.09. The van der Waals surface area contributed by atoms with Crippen molar-refractivity contribution in [2.45, 2.75) is 48.0 Å². The molecule has 0 N–H and O–H groups in total. The van der Waals surface area contributed by atoms with E-state index in [2.05, 4.69) is 9.98 Å². The van der Waals surface area contributed by atoms with E-state index in [-0.39, 0.29) is 7.43 Å². The minimum atomic E-state index is 0. The molecule has 2 rings (SSSR count). The maximum atomic E-state index is 4.26. The molecule has 0 radical (unpaired) electrons. The molecule has 0 aliphatic carbocycles. The van der Waals surface area contributed by atoms with Crippen molar-refractivity contribution in [3.8, 4) is 0 Å². The summed E-state index contributed by atoms with van der Waals surface area (Å²) in [6.45, 7) is 8.95. The molecule has 1 aromatic heterocycles. The Bertz CT molecular complexity index is 280. The summed E-state index contributed by atoms with van der Waals surface area (Å²) < 4.78 is 0. The van der Waals surface area contributed by atoms with Gasteiger partial charge in [-0.2, -0.15) is 0 Å². The Morgan fingerprint density at radius 3 is 2.50 bits per heavy atom. The second-order valence-corrected chi connectivity index (χ2v) is 2.71. The van der Waals surface area contributed by atoms with Crippen LogP contribution in [0.15, 0.2) is 23.5 Å². The molecule has 2 heteroatoms. The normalized spacial score (nSPS) is 11.5. The first-order chi connectivity index (χ1) is 7.47. The van der Waals surface area contributed by atoms with Crippen molar-refractivity contribution in [1.29, 1.82) is 0 Å². The van der Waals surface area contributed by atoms with Gasteiger partial charge >= 0.3 is 0 Å². The summed E-state index contributed by atoms with van der Waals surface area (Å²) in [5, 5.41) is 0. The van der Waals surface area contributed by atoms with Crippen molar-refractivity contribution in [2.75, 3.05) is 6.54 Å². The topological polar surface area (TPSA) is 25.2 Å². The van der Waals surface area contributed by atoms with Crippen LogP contribution in [0.4, 0.5) is 0 Å². The lowest BCUT2D eigenvalue weighted by Crippen LogP contribution is -1.91. The monoisotopic (exact) mass is 222 g/mol. The summed E-state index contributed by atoms with van der Waals surface area (Å²) in [4.78, 5) is 8.34. The van der Waals surface area contributed by atoms with Gasteiger partial charge in [-0.1, -0.05) is 35.1 Å². The first kappa shape index (κ1) is 17.2. The fraction of sp³-hybridized carbons (Fsp3) is 0.571. The number of pyridine rings is 1. The summed E-state index contributed by atoms with van der Waals surface area (Å²) in [6.07, 6.45) is 7.96. The van der Waals surface area contributed by atoms with Crippen LogP contribution in [0.5, 0.6) is 0 Å². The SMILES string of the molecule is C.C1=NCCCc2cnccc21.CC.CC. The van der Waals surface area contributed by atoms with Gasteiger partial charge in [-0.25, -0.2) is 0 Å². The van der Waals surface area contributed by atoms with Gasteiger partial charge in [-0.15, -0.1) is 0 Å². The molecule has 0 spiro atoms. The van der Waals surface area contributed by atoms with Gasteiger partial charge in [-0.05, 0) is 30.0 Å². The van der Waals surface area contributed by atoms with Crippen LogP contribution >= 0.6 is 0 Å². The largest absolute Gasteiger partial charge is 0.293 e. The number of nitrogens with zero attached hydrogens (tertiary/aromatic N) is 2. The van der Waals surface area contributed by atoms with Crippen molar-refractivity contribution >= 4 is 6.21 Å². The summed E-state index contributed by atoms with van der Waals surface area (Å²) in [5.74, 6) is 0. The lowest BCUT2D eigenvalue weighted by Gasteiger charge is -1.98. The third-order valence-corrected chi connectivity index (χ3v) is 1.91. The molecule has 1 aromatic rings. The number of hydrogen-bond donors (Lipinski definition) is 0. The van der Waals surface area contributed by atoms with Crippen molar-refractivity contribution in [3.05, 3.63) is 29.6 Å². The Morgan fingerprint density at radius 1 is 1.12 bits per heavy atom. The highest BCUT2D eigenvalue weighted by Gasteiger charge is 2.01. The molecule has 0 aromatic carbocycles. The van der Waals surface area contributed by atoms with Gasteiger partial charge in [-0.3, -0.25) is 9.98 Å². The Kier molecular flexibility index (Phi) is 12.8. The molecule has 1 aliphatic heterocycles. The summed E-state index contributed by atoms with van der Waals surface area (Å²) in [6, 6.07) is 2.02. The minimum Gasteiger partial charge on any atom is -0.293 e. The van der Waals surface area contributed by atoms with E-state index in [4.69, 9.17) is 0 Å². The van der Waals surface area contributed by atoms with Crippen LogP contribution in [-0.4, -0.2) is 17.7 Å². The van der Waals surface area contributed by atoms with Gasteiger partial charge in [0.2, 0.25) is 0 Å². The molecule has 0 atom stereocenters. The van der Waals surface area contributed by atoms with E-state index < -0.39 is 0 Å². The number of aromatic nitrogens is 1. The van der Waals surface area contributed by atoms with Crippen LogP contribution in [0.25, 0.3) is 0 Å². The smallest absolute Gasteiger partial charge is 0.0392 e. The second-order valence-electron chi connectivity index (χ2n) is 2.71. The Labute approximate surface area is 101 Å². The van der Waals surface area contributed by atoms with Gasteiger partial charge in [0.15, 0.2) is 0 Å². The molecule has 16 heavy (non-hydrogen) atoms. The molecule has 2 heterocycles. The highest BCUT2D eigenvalue weighted by molar-refractivity contribution is 5.81. The number of hydrogen-bond acceptors (Lipinski definition) is 2. The first-order valence-corrected chi connectivity index (χ1v) is 5.89. The quantitative estimate of drug-likeness (QED) is 0.647. The highest BCUT2D eigenvalue weighted by atomic mass is 14.7. The molecule has 0 bridgehead atoms. The average molecular weight is 222 g/mol. The Morgan fingerprint density at radius 2 is 1.81 bits per heavy atom. The average Bonchev–Trinajstić information content (AvgIpc) is 2.59. The fourth-order valence-corrected chi connectivity index (χ4v) is 1.30. The van der Waals surface area contributed by atoms with Gasteiger partial charge in [0.25, 0.3) is 0 Å². The third-order valence-electron chi connectivity index (χ3n) is 1.91. The van der Waals surface area contributed by atoms with Gasteiger partial charge in [0.1, 0.15) is 0 Å². The molecule has 1 aliphatic rings. The van der Waals surface area contributed by atoms with Crippen molar-refractivity contribution < 1.29 is 0 Å². The van der Waals surface area contributed by atoms with Gasteiger partial charge in [0.05, 0.1) is 0 Å². The molecule has 0 amide bonds. The van der Waals surface area contributed by atoms with E-state index in [9.17, 15) is 0 Å². The number of fused-ring (bicyclic) bond motifs is 1. The molecule has 2 nitrogen and oxygen atoms in total. The van der Waals surface area contributed by atoms with E-state index >= 15 is 0 Å². The van der Waals surface area contributed by atoms with Crippen LogP contribution in [0.2, 0.25) is 0 Å². The lowest BCUT2D eigenvalue weighted by molar-refractivity contribution is 0.842. The van der Waals surface area contributed by atoms with E-state index in [1.807, 2.05) is 52.4 Å². The van der Waals surface area contributed by atoms with E-state index in [1.165, 1.54) is 11.1 Å². The molecule has 0 fully saturated rings. The van der Waals surface area contributed by atoms with Gasteiger partial charge in [0, 0.05) is 25.2 Å². The van der Waals surface area contributed by atoms with Crippen molar-refractivity contribution in [2.24, 2.45) is 4.99 Å². The number of aliphatic imine (C=N–C) groups is 1. The molecule has 0 unspecified atom stereocenters. The molecular weight excluding hydrogens is 196 g/mol. The molecule has 92 valence electrons.